The standard InChI is InChI=1S/C21H29ClO2/c1-3-4-9-15-24-21-17(2)16-20(23-14-10-5-8-13-22)18-11-6-7-12-19(18)21/h6-7,11-12,16H,3-5,8-10,13-15H2,1-2H3. The molecule has 0 N–H and O–H groups in total. The van der Waals surface area contributed by atoms with Crippen LogP contribution in [0.1, 0.15) is 51.0 Å². The largest absolute Gasteiger partial charge is 0.493 e. The Morgan fingerprint density at radius 3 is 2.33 bits per heavy atom. The summed E-state index contributed by atoms with van der Waals surface area (Å²) in [6, 6.07) is 10.5. The molecule has 0 fully saturated rings. The fourth-order valence-corrected chi connectivity index (χ4v) is 3.03. The zero-order valence-electron chi connectivity index (χ0n) is 14.9. The van der Waals surface area contributed by atoms with Gasteiger partial charge in [-0.3, -0.25) is 0 Å². The molecule has 132 valence electrons. The second-order valence-electron chi connectivity index (χ2n) is 6.22. The van der Waals surface area contributed by atoms with Crippen molar-refractivity contribution in [3.63, 3.8) is 0 Å². The van der Waals surface area contributed by atoms with Crippen LogP contribution in [-0.4, -0.2) is 19.1 Å². The minimum Gasteiger partial charge on any atom is -0.493 e. The third-order valence-corrected chi connectivity index (χ3v) is 4.44. The van der Waals surface area contributed by atoms with Crippen LogP contribution < -0.4 is 9.47 Å². The highest BCUT2D eigenvalue weighted by Crippen LogP contribution is 2.36. The second kappa shape index (κ2) is 10.5. The minimum absolute atomic E-state index is 0.728. The molecule has 2 aromatic rings. The van der Waals surface area contributed by atoms with Crippen LogP contribution in [0.25, 0.3) is 10.8 Å². The molecular weight excluding hydrogens is 320 g/mol. The summed E-state index contributed by atoms with van der Waals surface area (Å²) in [4.78, 5) is 0. The van der Waals surface area contributed by atoms with E-state index in [0.29, 0.717) is 0 Å². The lowest BCUT2D eigenvalue weighted by Gasteiger charge is -2.16. The van der Waals surface area contributed by atoms with Crippen molar-refractivity contribution in [2.45, 2.75) is 52.4 Å². The molecule has 0 aliphatic rings. The first-order valence-corrected chi connectivity index (χ1v) is 9.65. The summed E-state index contributed by atoms with van der Waals surface area (Å²) < 4.78 is 12.1. The third-order valence-electron chi connectivity index (χ3n) is 4.17. The Bertz CT molecular complexity index is 625. The average Bonchev–Trinajstić information content (AvgIpc) is 2.60. The van der Waals surface area contributed by atoms with Gasteiger partial charge in [0.05, 0.1) is 13.2 Å². The average molecular weight is 349 g/mol. The van der Waals surface area contributed by atoms with E-state index < -0.39 is 0 Å². The van der Waals surface area contributed by atoms with Crippen molar-refractivity contribution in [1.82, 2.24) is 0 Å². The van der Waals surface area contributed by atoms with Crippen LogP contribution >= 0.6 is 11.6 Å². The molecule has 0 radical (unpaired) electrons. The highest BCUT2D eigenvalue weighted by molar-refractivity contribution is 6.17. The van der Waals surface area contributed by atoms with Crippen LogP contribution in [-0.2, 0) is 0 Å². The lowest BCUT2D eigenvalue weighted by molar-refractivity contribution is 0.301. The first kappa shape index (κ1) is 18.9. The molecule has 0 atom stereocenters. The zero-order chi connectivity index (χ0) is 17.2. The maximum atomic E-state index is 6.09. The van der Waals surface area contributed by atoms with Gasteiger partial charge in [0, 0.05) is 16.7 Å². The number of fused-ring (bicyclic) bond motifs is 1. The van der Waals surface area contributed by atoms with E-state index >= 15 is 0 Å². The summed E-state index contributed by atoms with van der Waals surface area (Å²) in [7, 11) is 0. The first-order valence-electron chi connectivity index (χ1n) is 9.11. The quantitative estimate of drug-likeness (QED) is 0.340. The highest BCUT2D eigenvalue weighted by Gasteiger charge is 2.11. The summed E-state index contributed by atoms with van der Waals surface area (Å²) >= 11 is 5.72. The molecule has 2 rings (SSSR count). The molecule has 0 aromatic heterocycles. The Labute approximate surface area is 151 Å². The van der Waals surface area contributed by atoms with Crippen LogP contribution in [0.5, 0.6) is 11.5 Å². The van der Waals surface area contributed by atoms with E-state index in [2.05, 4.69) is 44.2 Å². The maximum Gasteiger partial charge on any atom is 0.130 e. The lowest BCUT2D eigenvalue weighted by atomic mass is 10.0. The molecular formula is C21H29ClO2. The Morgan fingerprint density at radius 2 is 1.58 bits per heavy atom. The summed E-state index contributed by atoms with van der Waals surface area (Å²) in [6.07, 6.45) is 6.72. The van der Waals surface area contributed by atoms with Gasteiger partial charge in [-0.2, -0.15) is 0 Å². The number of ether oxygens (including phenoxy) is 2. The van der Waals surface area contributed by atoms with E-state index in [9.17, 15) is 0 Å². The summed E-state index contributed by atoms with van der Waals surface area (Å²) in [6.45, 7) is 5.82. The van der Waals surface area contributed by atoms with Gasteiger partial charge in [0.1, 0.15) is 11.5 Å². The molecule has 0 saturated carbocycles. The van der Waals surface area contributed by atoms with Crippen LogP contribution in [0.2, 0.25) is 0 Å². The minimum atomic E-state index is 0.728. The van der Waals surface area contributed by atoms with Gasteiger partial charge in [-0.1, -0.05) is 44.0 Å². The van der Waals surface area contributed by atoms with E-state index in [-0.39, 0.29) is 0 Å². The summed E-state index contributed by atoms with van der Waals surface area (Å²) in [5.41, 5.74) is 1.14. The van der Waals surface area contributed by atoms with E-state index in [0.717, 1.165) is 72.6 Å². The van der Waals surface area contributed by atoms with E-state index in [4.69, 9.17) is 21.1 Å². The van der Waals surface area contributed by atoms with E-state index in [1.165, 1.54) is 12.8 Å². The molecule has 0 aliphatic carbocycles. The molecule has 2 aromatic carbocycles. The molecule has 0 heterocycles. The topological polar surface area (TPSA) is 18.5 Å². The van der Waals surface area contributed by atoms with Gasteiger partial charge in [0.15, 0.2) is 0 Å². The maximum absolute atomic E-state index is 6.09. The number of benzene rings is 2. The van der Waals surface area contributed by atoms with Gasteiger partial charge in [0.2, 0.25) is 0 Å². The van der Waals surface area contributed by atoms with Crippen molar-refractivity contribution >= 4 is 22.4 Å². The van der Waals surface area contributed by atoms with Crippen LogP contribution in [0.15, 0.2) is 30.3 Å². The van der Waals surface area contributed by atoms with Gasteiger partial charge < -0.3 is 9.47 Å². The van der Waals surface area contributed by atoms with Gasteiger partial charge in [-0.05, 0) is 44.2 Å². The van der Waals surface area contributed by atoms with Crippen molar-refractivity contribution < 1.29 is 9.47 Å². The van der Waals surface area contributed by atoms with E-state index in [1.807, 2.05) is 0 Å². The normalized spacial score (nSPS) is 11.0. The number of alkyl halides is 1. The lowest BCUT2D eigenvalue weighted by Crippen LogP contribution is -2.02. The Kier molecular flexibility index (Phi) is 8.24. The number of rotatable bonds is 11. The Balaban J connectivity index is 2.13. The van der Waals surface area contributed by atoms with Crippen LogP contribution in [0.3, 0.4) is 0 Å². The summed E-state index contributed by atoms with van der Waals surface area (Å²) in [5.74, 6) is 2.68. The molecule has 0 amide bonds. The molecule has 0 unspecified atom stereocenters. The van der Waals surface area contributed by atoms with Gasteiger partial charge >= 0.3 is 0 Å². The van der Waals surface area contributed by atoms with Crippen molar-refractivity contribution in [3.05, 3.63) is 35.9 Å². The SMILES string of the molecule is CCCCCOc1c(C)cc(OCCCCCCl)c2ccccc12. The zero-order valence-corrected chi connectivity index (χ0v) is 15.7. The van der Waals surface area contributed by atoms with Crippen molar-refractivity contribution in [1.29, 1.82) is 0 Å². The predicted molar refractivity (Wildman–Crippen MR) is 104 cm³/mol. The molecule has 0 bridgehead atoms. The fraction of sp³-hybridized carbons (Fsp3) is 0.524. The molecule has 3 heteroatoms. The van der Waals surface area contributed by atoms with Crippen molar-refractivity contribution in [2.24, 2.45) is 0 Å². The number of hydrogen-bond donors (Lipinski definition) is 0. The van der Waals surface area contributed by atoms with Gasteiger partial charge in [0.25, 0.3) is 0 Å². The highest BCUT2D eigenvalue weighted by atomic mass is 35.5. The molecule has 24 heavy (non-hydrogen) atoms. The van der Waals surface area contributed by atoms with Gasteiger partial charge in [-0.25, -0.2) is 0 Å². The fourth-order valence-electron chi connectivity index (χ4n) is 2.84. The molecule has 0 aliphatic heterocycles. The third kappa shape index (κ3) is 5.31. The Morgan fingerprint density at radius 1 is 0.875 bits per heavy atom. The number of halogens is 1. The first-order chi connectivity index (χ1) is 11.8. The molecule has 0 saturated heterocycles. The smallest absolute Gasteiger partial charge is 0.130 e. The number of unbranched alkanes of at least 4 members (excludes halogenated alkanes) is 4. The van der Waals surface area contributed by atoms with Crippen molar-refractivity contribution in [2.75, 3.05) is 19.1 Å². The number of hydrogen-bond acceptors (Lipinski definition) is 2. The second-order valence-corrected chi connectivity index (χ2v) is 6.60. The van der Waals surface area contributed by atoms with Crippen LogP contribution in [0.4, 0.5) is 0 Å². The van der Waals surface area contributed by atoms with Crippen LogP contribution in [0, 0.1) is 6.92 Å². The predicted octanol–water partition coefficient (Wildman–Crippen LogP) is 6.51. The monoisotopic (exact) mass is 348 g/mol. The number of aryl methyl sites for hydroxylation is 1. The molecule has 2 nitrogen and oxygen atoms in total. The molecule has 0 spiro atoms. The Hall–Kier alpha value is -1.41. The summed E-state index contributed by atoms with van der Waals surface area (Å²) in [5, 5.41) is 2.27. The van der Waals surface area contributed by atoms with Crippen molar-refractivity contribution in [3.8, 4) is 11.5 Å². The van der Waals surface area contributed by atoms with E-state index in [1.54, 1.807) is 0 Å². The van der Waals surface area contributed by atoms with Gasteiger partial charge in [-0.15, -0.1) is 11.6 Å².